The highest BCUT2D eigenvalue weighted by Gasteiger charge is 2.33. The molecule has 0 aliphatic heterocycles. The van der Waals surface area contributed by atoms with Crippen LogP contribution in [-0.2, 0) is 17.5 Å². The quantitative estimate of drug-likeness (QED) is 0.528. The Morgan fingerprint density at radius 2 is 1.96 bits per heavy atom. The lowest BCUT2D eigenvalue weighted by Crippen LogP contribution is -2.37. The van der Waals surface area contributed by atoms with E-state index in [1.807, 2.05) is 13.0 Å². The van der Waals surface area contributed by atoms with Crippen molar-refractivity contribution in [3.63, 3.8) is 0 Å². The van der Waals surface area contributed by atoms with Gasteiger partial charge < -0.3 is 16.0 Å². The molecule has 1 aromatic carbocycles. The molecule has 2 rings (SSSR count). The Balaban J connectivity index is 1.89. The summed E-state index contributed by atoms with van der Waals surface area (Å²) < 4.78 is 37.7. The summed E-state index contributed by atoms with van der Waals surface area (Å²) in [7, 11) is 0. The molecule has 0 saturated carbocycles. The van der Waals surface area contributed by atoms with Crippen LogP contribution in [0.5, 0.6) is 0 Å². The van der Waals surface area contributed by atoms with Crippen LogP contribution in [-0.4, -0.2) is 29.9 Å². The number of hydrogen-bond acceptors (Lipinski definition) is 4. The first-order valence-corrected chi connectivity index (χ1v) is 8.65. The normalized spacial score (nSPS) is 11.9. The van der Waals surface area contributed by atoms with E-state index in [1.165, 1.54) is 0 Å². The summed E-state index contributed by atoms with van der Waals surface area (Å²) in [6, 6.07) is 8.95. The number of hydrogen-bond donors (Lipinski definition) is 3. The van der Waals surface area contributed by atoms with Gasteiger partial charge in [0.15, 0.2) is 11.7 Å². The number of thiazole rings is 1. The lowest BCUT2D eigenvalue weighted by Gasteiger charge is -2.10. The third-order valence-electron chi connectivity index (χ3n) is 3.03. The highest BCUT2D eigenvalue weighted by atomic mass is 32.1. The van der Waals surface area contributed by atoms with E-state index in [1.54, 1.807) is 24.3 Å². The predicted molar refractivity (Wildman–Crippen MR) is 95.0 cm³/mol. The molecule has 1 aromatic heterocycles. The number of nitrogens with zero attached hydrogens (tertiary/aromatic N) is 2. The molecule has 6 nitrogen and oxygen atoms in total. The zero-order valence-corrected chi connectivity index (χ0v) is 14.7. The van der Waals surface area contributed by atoms with Crippen LogP contribution in [0.25, 0.3) is 0 Å². The van der Waals surface area contributed by atoms with E-state index in [9.17, 15) is 18.0 Å². The van der Waals surface area contributed by atoms with Gasteiger partial charge >= 0.3 is 6.18 Å². The number of guanidine groups is 1. The van der Waals surface area contributed by atoms with Gasteiger partial charge in [-0.1, -0.05) is 18.2 Å². The van der Waals surface area contributed by atoms with E-state index < -0.39 is 11.9 Å². The summed E-state index contributed by atoms with van der Waals surface area (Å²) in [5.74, 6) is 0.0153. The maximum absolute atomic E-state index is 12.6. The molecule has 0 saturated heterocycles. The first-order chi connectivity index (χ1) is 12.4. The Bertz CT molecular complexity index is 746. The monoisotopic (exact) mass is 385 g/mol. The minimum atomic E-state index is -4.46. The molecule has 0 radical (unpaired) electrons. The summed E-state index contributed by atoms with van der Waals surface area (Å²) in [4.78, 5) is 19.6. The molecule has 0 aliphatic carbocycles. The molecule has 0 aliphatic rings. The Labute approximate surface area is 152 Å². The summed E-state index contributed by atoms with van der Waals surface area (Å²) >= 11 is 0.907. The van der Waals surface area contributed by atoms with E-state index in [-0.39, 0.29) is 24.0 Å². The highest BCUT2D eigenvalue weighted by molar-refractivity contribution is 7.09. The molecule has 10 heteroatoms. The Hall–Kier alpha value is -2.62. The summed E-state index contributed by atoms with van der Waals surface area (Å²) in [5, 5.41) is 9.72. The largest absolute Gasteiger partial charge is 0.434 e. The molecule has 0 spiro atoms. The van der Waals surface area contributed by atoms with E-state index in [0.717, 1.165) is 16.7 Å². The SMILES string of the molecule is CCNC(=NCC(=O)Nc1ccccc1)NCc1nc(C(F)(F)F)cs1. The number of carbonyl (C=O) groups is 1. The Kier molecular flexibility index (Phi) is 6.96. The molecule has 2 aromatic rings. The zero-order valence-electron chi connectivity index (χ0n) is 13.9. The van der Waals surface area contributed by atoms with Crippen molar-refractivity contribution in [2.45, 2.75) is 19.6 Å². The molecule has 1 heterocycles. The number of para-hydroxylation sites is 1. The fraction of sp³-hybridized carbons (Fsp3) is 0.312. The van der Waals surface area contributed by atoms with Crippen LogP contribution in [0, 0.1) is 0 Å². The predicted octanol–water partition coefficient (Wildman–Crippen LogP) is 2.86. The van der Waals surface area contributed by atoms with Crippen LogP contribution in [0.15, 0.2) is 40.7 Å². The van der Waals surface area contributed by atoms with E-state index >= 15 is 0 Å². The van der Waals surface area contributed by atoms with Gasteiger partial charge in [0.1, 0.15) is 11.6 Å². The first-order valence-electron chi connectivity index (χ1n) is 7.77. The van der Waals surface area contributed by atoms with Crippen molar-refractivity contribution in [2.24, 2.45) is 4.99 Å². The zero-order chi connectivity index (χ0) is 19.0. The number of halogens is 3. The molecule has 0 fully saturated rings. The fourth-order valence-electron chi connectivity index (χ4n) is 1.90. The average molecular weight is 385 g/mol. The number of carbonyl (C=O) groups excluding carboxylic acids is 1. The van der Waals surface area contributed by atoms with Gasteiger partial charge in [-0.2, -0.15) is 13.2 Å². The number of aromatic nitrogens is 1. The third-order valence-corrected chi connectivity index (χ3v) is 3.88. The van der Waals surface area contributed by atoms with Crippen molar-refractivity contribution < 1.29 is 18.0 Å². The maximum atomic E-state index is 12.6. The number of amides is 1. The molecule has 140 valence electrons. The molecular formula is C16H18F3N5OS. The second-order valence-electron chi connectivity index (χ2n) is 5.09. The molecule has 0 atom stereocenters. The van der Waals surface area contributed by atoms with E-state index in [4.69, 9.17) is 0 Å². The van der Waals surface area contributed by atoms with Gasteiger partial charge in [-0.15, -0.1) is 11.3 Å². The van der Waals surface area contributed by atoms with Gasteiger partial charge in [0.2, 0.25) is 5.91 Å². The standard InChI is InChI=1S/C16H18F3N5OS/c1-2-20-15(21-8-13(25)23-11-6-4-3-5-7-11)22-9-14-24-12(10-26-14)16(17,18)19/h3-7,10H,2,8-9H2,1H3,(H,23,25)(H2,20,21,22). The molecule has 26 heavy (non-hydrogen) atoms. The van der Waals surface area contributed by atoms with Crippen molar-refractivity contribution >= 4 is 28.9 Å². The number of nitrogens with one attached hydrogen (secondary N) is 3. The first kappa shape index (κ1) is 19.7. The minimum absolute atomic E-state index is 0.0763. The maximum Gasteiger partial charge on any atom is 0.434 e. The van der Waals surface area contributed by atoms with E-state index in [0.29, 0.717) is 18.2 Å². The average Bonchev–Trinajstić information content (AvgIpc) is 3.08. The van der Waals surface area contributed by atoms with Crippen LogP contribution >= 0.6 is 11.3 Å². The van der Waals surface area contributed by atoms with Crippen LogP contribution in [0.1, 0.15) is 17.6 Å². The van der Waals surface area contributed by atoms with Crippen molar-refractivity contribution in [1.82, 2.24) is 15.6 Å². The number of anilines is 1. The van der Waals surface area contributed by atoms with Crippen LogP contribution in [0.2, 0.25) is 0 Å². The summed E-state index contributed by atoms with van der Waals surface area (Å²) in [6.45, 7) is 2.33. The van der Waals surface area contributed by atoms with Crippen molar-refractivity contribution in [3.05, 3.63) is 46.4 Å². The highest BCUT2D eigenvalue weighted by Crippen LogP contribution is 2.29. The van der Waals surface area contributed by atoms with Crippen LogP contribution in [0.3, 0.4) is 0 Å². The van der Waals surface area contributed by atoms with Crippen molar-refractivity contribution in [3.8, 4) is 0 Å². The molecule has 0 unspecified atom stereocenters. The molecule has 1 amide bonds. The number of aliphatic imine (C=N–C) groups is 1. The van der Waals surface area contributed by atoms with E-state index in [2.05, 4.69) is 25.9 Å². The lowest BCUT2D eigenvalue weighted by atomic mass is 10.3. The summed E-state index contributed by atoms with van der Waals surface area (Å²) in [6.07, 6.45) is -4.46. The molecular weight excluding hydrogens is 367 g/mol. The second-order valence-corrected chi connectivity index (χ2v) is 6.03. The van der Waals surface area contributed by atoms with Crippen molar-refractivity contribution in [1.29, 1.82) is 0 Å². The smallest absolute Gasteiger partial charge is 0.357 e. The Morgan fingerprint density at radius 1 is 1.23 bits per heavy atom. The van der Waals surface area contributed by atoms with Gasteiger partial charge in [0.05, 0.1) is 6.54 Å². The van der Waals surface area contributed by atoms with Gasteiger partial charge in [-0.25, -0.2) is 9.98 Å². The molecule has 0 bridgehead atoms. The number of rotatable bonds is 6. The Morgan fingerprint density at radius 3 is 2.58 bits per heavy atom. The van der Waals surface area contributed by atoms with Gasteiger partial charge in [0, 0.05) is 17.6 Å². The molecule has 3 N–H and O–H groups in total. The van der Waals surface area contributed by atoms with Gasteiger partial charge in [-0.3, -0.25) is 4.79 Å². The topological polar surface area (TPSA) is 78.4 Å². The fourth-order valence-corrected chi connectivity index (χ4v) is 2.64. The van der Waals surface area contributed by atoms with Gasteiger partial charge in [-0.05, 0) is 19.1 Å². The lowest BCUT2D eigenvalue weighted by molar-refractivity contribution is -0.140. The summed E-state index contributed by atoms with van der Waals surface area (Å²) in [5.41, 5.74) is -0.253. The number of benzene rings is 1. The van der Waals surface area contributed by atoms with Gasteiger partial charge in [0.25, 0.3) is 0 Å². The third kappa shape index (κ3) is 6.36. The van der Waals surface area contributed by atoms with Crippen molar-refractivity contribution in [2.75, 3.05) is 18.4 Å². The minimum Gasteiger partial charge on any atom is -0.357 e. The van der Waals surface area contributed by atoms with Crippen LogP contribution in [0.4, 0.5) is 18.9 Å². The van der Waals surface area contributed by atoms with Crippen LogP contribution < -0.4 is 16.0 Å². The second kappa shape index (κ2) is 9.18. The number of alkyl halides is 3.